The van der Waals surface area contributed by atoms with Gasteiger partial charge in [-0.3, -0.25) is 0 Å². The average Bonchev–Trinajstić information content (AvgIpc) is 2.41. The third-order valence-corrected chi connectivity index (χ3v) is 3.77. The molecular formula is C13H21BrN4. The third-order valence-electron chi connectivity index (χ3n) is 3.36. The molecule has 1 aliphatic rings. The number of halogens is 1. The number of hydrogen-bond acceptors (Lipinski definition) is 4. The topological polar surface area (TPSA) is 41.0 Å². The average molecular weight is 313 g/mol. The quantitative estimate of drug-likeness (QED) is 0.848. The molecule has 0 amide bonds. The second-order valence-electron chi connectivity index (χ2n) is 4.84. The SMILES string of the molecule is CCCNCC1CCN(c2ncc(Br)cn2)CC1. The molecule has 1 saturated heterocycles. The van der Waals surface area contributed by atoms with Gasteiger partial charge in [0.15, 0.2) is 0 Å². The maximum Gasteiger partial charge on any atom is 0.225 e. The van der Waals surface area contributed by atoms with Crippen LogP contribution in [-0.2, 0) is 0 Å². The maximum atomic E-state index is 4.35. The highest BCUT2D eigenvalue weighted by atomic mass is 79.9. The van der Waals surface area contributed by atoms with Crippen LogP contribution in [0.1, 0.15) is 26.2 Å². The second-order valence-corrected chi connectivity index (χ2v) is 5.75. The summed E-state index contributed by atoms with van der Waals surface area (Å²) in [5, 5.41) is 3.51. The summed E-state index contributed by atoms with van der Waals surface area (Å²) in [4.78, 5) is 11.0. The molecule has 100 valence electrons. The zero-order valence-corrected chi connectivity index (χ0v) is 12.5. The van der Waals surface area contributed by atoms with Gasteiger partial charge in [0.1, 0.15) is 0 Å². The van der Waals surface area contributed by atoms with Crippen molar-refractivity contribution in [3.05, 3.63) is 16.9 Å². The minimum Gasteiger partial charge on any atom is -0.341 e. The van der Waals surface area contributed by atoms with E-state index in [1.807, 2.05) is 12.4 Å². The lowest BCUT2D eigenvalue weighted by Crippen LogP contribution is -2.38. The van der Waals surface area contributed by atoms with E-state index in [1.165, 1.54) is 19.3 Å². The van der Waals surface area contributed by atoms with Gasteiger partial charge in [0, 0.05) is 25.5 Å². The van der Waals surface area contributed by atoms with Crippen LogP contribution in [0, 0.1) is 5.92 Å². The monoisotopic (exact) mass is 312 g/mol. The minimum absolute atomic E-state index is 0.809. The van der Waals surface area contributed by atoms with Crippen molar-refractivity contribution in [3.8, 4) is 0 Å². The maximum absolute atomic E-state index is 4.35. The Bertz CT molecular complexity index is 347. The number of nitrogens with one attached hydrogen (secondary N) is 1. The van der Waals surface area contributed by atoms with Gasteiger partial charge >= 0.3 is 0 Å². The highest BCUT2D eigenvalue weighted by Gasteiger charge is 2.20. The lowest BCUT2D eigenvalue weighted by atomic mass is 9.97. The molecule has 0 bridgehead atoms. The summed E-state index contributed by atoms with van der Waals surface area (Å²) in [5.74, 6) is 1.67. The Morgan fingerprint density at radius 1 is 1.33 bits per heavy atom. The largest absolute Gasteiger partial charge is 0.341 e. The summed E-state index contributed by atoms with van der Waals surface area (Å²) in [7, 11) is 0. The van der Waals surface area contributed by atoms with Crippen molar-refractivity contribution in [1.29, 1.82) is 0 Å². The van der Waals surface area contributed by atoms with E-state index < -0.39 is 0 Å². The molecule has 0 unspecified atom stereocenters. The summed E-state index contributed by atoms with van der Waals surface area (Å²) in [5.41, 5.74) is 0. The zero-order chi connectivity index (χ0) is 12.8. The Balaban J connectivity index is 1.77. The molecule has 1 N–H and O–H groups in total. The molecule has 1 aliphatic heterocycles. The fourth-order valence-electron chi connectivity index (χ4n) is 2.29. The fourth-order valence-corrected chi connectivity index (χ4v) is 2.49. The highest BCUT2D eigenvalue weighted by Crippen LogP contribution is 2.20. The molecule has 0 atom stereocenters. The molecule has 0 aromatic carbocycles. The molecule has 2 rings (SSSR count). The summed E-state index contributed by atoms with van der Waals surface area (Å²) in [6.07, 6.45) is 7.31. The normalized spacial score (nSPS) is 17.1. The zero-order valence-electron chi connectivity index (χ0n) is 10.9. The molecule has 4 nitrogen and oxygen atoms in total. The molecular weight excluding hydrogens is 292 g/mol. The molecule has 0 spiro atoms. The van der Waals surface area contributed by atoms with E-state index in [4.69, 9.17) is 0 Å². The summed E-state index contributed by atoms with van der Waals surface area (Å²) >= 11 is 3.36. The van der Waals surface area contributed by atoms with Crippen LogP contribution in [0.5, 0.6) is 0 Å². The van der Waals surface area contributed by atoms with Crippen LogP contribution in [0.25, 0.3) is 0 Å². The first-order valence-electron chi connectivity index (χ1n) is 6.72. The Morgan fingerprint density at radius 2 is 2.00 bits per heavy atom. The summed E-state index contributed by atoms with van der Waals surface area (Å²) in [6, 6.07) is 0. The van der Waals surface area contributed by atoms with Gasteiger partial charge in [-0.05, 0) is 54.2 Å². The van der Waals surface area contributed by atoms with E-state index in [0.29, 0.717) is 0 Å². The van der Waals surface area contributed by atoms with Gasteiger partial charge in [-0.25, -0.2) is 9.97 Å². The molecule has 0 radical (unpaired) electrons. The van der Waals surface area contributed by atoms with Gasteiger partial charge in [-0.2, -0.15) is 0 Å². The van der Waals surface area contributed by atoms with Crippen LogP contribution in [0.2, 0.25) is 0 Å². The Morgan fingerprint density at radius 3 is 2.61 bits per heavy atom. The predicted octanol–water partition coefficient (Wildman–Crippen LogP) is 2.46. The molecule has 0 aliphatic carbocycles. The Kier molecular flexibility index (Phi) is 5.38. The lowest BCUT2D eigenvalue weighted by molar-refractivity contribution is 0.381. The van der Waals surface area contributed by atoms with Gasteiger partial charge in [0.05, 0.1) is 4.47 Å². The van der Waals surface area contributed by atoms with Gasteiger partial charge in [0.25, 0.3) is 0 Å². The van der Waals surface area contributed by atoms with Gasteiger partial charge in [-0.1, -0.05) is 6.92 Å². The first kappa shape index (κ1) is 13.7. The van der Waals surface area contributed by atoms with E-state index in [1.54, 1.807) is 0 Å². The predicted molar refractivity (Wildman–Crippen MR) is 77.8 cm³/mol. The number of rotatable bonds is 5. The van der Waals surface area contributed by atoms with E-state index in [0.717, 1.165) is 42.5 Å². The van der Waals surface area contributed by atoms with E-state index >= 15 is 0 Å². The second kappa shape index (κ2) is 7.04. The lowest BCUT2D eigenvalue weighted by Gasteiger charge is -2.32. The van der Waals surface area contributed by atoms with Crippen molar-refractivity contribution in [2.75, 3.05) is 31.1 Å². The van der Waals surface area contributed by atoms with Crippen molar-refractivity contribution >= 4 is 21.9 Å². The molecule has 2 heterocycles. The number of anilines is 1. The highest BCUT2D eigenvalue weighted by molar-refractivity contribution is 9.10. The summed E-state index contributed by atoms with van der Waals surface area (Å²) < 4.78 is 0.935. The molecule has 18 heavy (non-hydrogen) atoms. The van der Waals surface area contributed by atoms with Crippen LogP contribution in [0.4, 0.5) is 5.95 Å². The number of aromatic nitrogens is 2. The number of nitrogens with zero attached hydrogens (tertiary/aromatic N) is 3. The van der Waals surface area contributed by atoms with Gasteiger partial charge in [-0.15, -0.1) is 0 Å². The van der Waals surface area contributed by atoms with Gasteiger partial charge < -0.3 is 10.2 Å². The van der Waals surface area contributed by atoms with Crippen molar-refractivity contribution in [1.82, 2.24) is 15.3 Å². The van der Waals surface area contributed by atoms with E-state index in [-0.39, 0.29) is 0 Å². The summed E-state index contributed by atoms with van der Waals surface area (Å²) in [6.45, 7) is 6.64. The van der Waals surface area contributed by atoms with Crippen molar-refractivity contribution in [2.45, 2.75) is 26.2 Å². The van der Waals surface area contributed by atoms with E-state index in [2.05, 4.69) is 43.0 Å². The minimum atomic E-state index is 0.809. The van der Waals surface area contributed by atoms with E-state index in [9.17, 15) is 0 Å². The van der Waals surface area contributed by atoms with Crippen LogP contribution in [0.3, 0.4) is 0 Å². The molecule has 1 aromatic rings. The third kappa shape index (κ3) is 3.92. The van der Waals surface area contributed by atoms with Gasteiger partial charge in [0.2, 0.25) is 5.95 Å². The number of piperidine rings is 1. The smallest absolute Gasteiger partial charge is 0.225 e. The van der Waals surface area contributed by atoms with Crippen LogP contribution in [0.15, 0.2) is 16.9 Å². The molecule has 1 aromatic heterocycles. The standard InChI is InChI=1S/C13H21BrN4/c1-2-5-15-8-11-3-6-18(7-4-11)13-16-9-12(14)10-17-13/h9-11,15H,2-8H2,1H3. The Labute approximate surface area is 117 Å². The van der Waals surface area contributed by atoms with Crippen LogP contribution >= 0.6 is 15.9 Å². The van der Waals surface area contributed by atoms with Crippen molar-refractivity contribution in [2.24, 2.45) is 5.92 Å². The first-order valence-corrected chi connectivity index (χ1v) is 7.52. The van der Waals surface area contributed by atoms with Crippen LogP contribution < -0.4 is 10.2 Å². The molecule has 0 saturated carbocycles. The molecule has 5 heteroatoms. The van der Waals surface area contributed by atoms with Crippen molar-refractivity contribution in [3.63, 3.8) is 0 Å². The van der Waals surface area contributed by atoms with Crippen LogP contribution in [-0.4, -0.2) is 36.1 Å². The fraction of sp³-hybridized carbons (Fsp3) is 0.692. The molecule has 1 fully saturated rings. The van der Waals surface area contributed by atoms with Crippen molar-refractivity contribution < 1.29 is 0 Å². The number of hydrogen-bond donors (Lipinski definition) is 1. The first-order chi connectivity index (χ1) is 8.79. The Hall–Kier alpha value is -0.680.